The Bertz CT molecular complexity index is 1250. The summed E-state index contributed by atoms with van der Waals surface area (Å²) in [7, 11) is -3.49. The van der Waals surface area contributed by atoms with Crippen LogP contribution in [0.2, 0.25) is 0 Å². The van der Waals surface area contributed by atoms with Crippen LogP contribution in [-0.4, -0.2) is 26.7 Å². The number of primary amides is 1. The van der Waals surface area contributed by atoms with Gasteiger partial charge in [-0.1, -0.05) is 37.3 Å². The van der Waals surface area contributed by atoms with E-state index in [0.717, 1.165) is 18.2 Å². The molecule has 3 rings (SSSR count). The van der Waals surface area contributed by atoms with Crippen molar-refractivity contribution in [3.63, 3.8) is 0 Å². The molecule has 10 heteroatoms. The molecule has 0 heterocycles. The lowest BCUT2D eigenvalue weighted by Crippen LogP contribution is -2.23. The number of carbonyl (C=O) groups is 1. The van der Waals surface area contributed by atoms with E-state index in [9.17, 15) is 22.0 Å². The van der Waals surface area contributed by atoms with E-state index in [4.69, 9.17) is 5.73 Å². The first-order chi connectivity index (χ1) is 15.5. The van der Waals surface area contributed by atoms with Crippen LogP contribution in [0.3, 0.4) is 0 Å². The number of hydrogen-bond donors (Lipinski definition) is 1. The average molecular weight is 481 g/mol. The van der Waals surface area contributed by atoms with Crippen LogP contribution in [-0.2, 0) is 14.6 Å². The lowest BCUT2D eigenvalue weighted by Gasteiger charge is -2.18. The van der Waals surface area contributed by atoms with Crippen molar-refractivity contribution in [3.8, 4) is 16.9 Å². The van der Waals surface area contributed by atoms with Gasteiger partial charge in [-0.2, -0.15) is 8.78 Å². The number of halogens is 4. The van der Waals surface area contributed by atoms with Crippen LogP contribution >= 0.6 is 0 Å². The fraction of sp³-hybridized carbons (Fsp3) is 0.174. The lowest BCUT2D eigenvalue weighted by atomic mass is 9.89. The lowest BCUT2D eigenvalue weighted by molar-refractivity contribution is -0.118. The zero-order valence-electron chi connectivity index (χ0n) is 17.3. The molecule has 1 amide bonds. The van der Waals surface area contributed by atoms with Crippen molar-refractivity contribution in [2.45, 2.75) is 24.3 Å². The van der Waals surface area contributed by atoms with E-state index in [1.807, 2.05) is 0 Å². The Balaban J connectivity index is 2.07. The fourth-order valence-corrected chi connectivity index (χ4v) is 4.33. The van der Waals surface area contributed by atoms with Gasteiger partial charge in [-0.25, -0.2) is 17.2 Å². The van der Waals surface area contributed by atoms with Gasteiger partial charge in [0.2, 0.25) is 5.91 Å². The van der Waals surface area contributed by atoms with E-state index in [1.54, 1.807) is 0 Å². The summed E-state index contributed by atoms with van der Waals surface area (Å²) in [6.45, 7) is -1.72. The zero-order valence-corrected chi connectivity index (χ0v) is 18.1. The van der Waals surface area contributed by atoms with E-state index < -0.39 is 51.2 Å². The van der Waals surface area contributed by atoms with Crippen molar-refractivity contribution < 1.29 is 35.5 Å². The second-order valence-electron chi connectivity index (χ2n) is 7.04. The van der Waals surface area contributed by atoms with Crippen molar-refractivity contribution in [2.24, 2.45) is 5.73 Å². The van der Waals surface area contributed by atoms with E-state index in [-0.39, 0.29) is 27.3 Å². The summed E-state index contributed by atoms with van der Waals surface area (Å²) in [6, 6.07) is 12.1. The zero-order chi connectivity index (χ0) is 24.3. The first-order valence-electron chi connectivity index (χ1n) is 9.70. The molecule has 0 saturated carbocycles. The maximum atomic E-state index is 15.0. The molecular weight excluding hydrogens is 462 g/mol. The number of carbonyl (C=O) groups excluding carboxylic acids is 1. The van der Waals surface area contributed by atoms with Crippen LogP contribution in [0, 0.1) is 11.6 Å². The van der Waals surface area contributed by atoms with Crippen LogP contribution in [0.4, 0.5) is 17.6 Å². The van der Waals surface area contributed by atoms with Crippen molar-refractivity contribution in [3.05, 3.63) is 83.4 Å². The SMILES string of the molecule is CCS(=O)(=O)c1ccc(C(C(N)=O)c2cc(F)c(-c3ccccc3OC(F)F)c(F)c2)cc1. The normalized spacial score (nSPS) is 12.5. The number of ether oxygens (including phenoxy) is 1. The van der Waals surface area contributed by atoms with Crippen LogP contribution in [0.1, 0.15) is 24.0 Å². The molecule has 33 heavy (non-hydrogen) atoms. The molecule has 1 unspecified atom stereocenters. The Morgan fingerprint density at radius 3 is 2.06 bits per heavy atom. The summed E-state index contributed by atoms with van der Waals surface area (Å²) in [6.07, 6.45) is 0. The smallest absolute Gasteiger partial charge is 0.387 e. The first-order valence-corrected chi connectivity index (χ1v) is 11.4. The second kappa shape index (κ2) is 9.62. The molecule has 0 saturated heterocycles. The maximum Gasteiger partial charge on any atom is 0.387 e. The molecule has 0 radical (unpaired) electrons. The van der Waals surface area contributed by atoms with Crippen LogP contribution in [0.5, 0.6) is 5.75 Å². The van der Waals surface area contributed by atoms with Gasteiger partial charge in [0, 0.05) is 5.56 Å². The molecule has 0 fully saturated rings. The van der Waals surface area contributed by atoms with Crippen molar-refractivity contribution in [1.82, 2.24) is 0 Å². The Labute approximate surface area is 187 Å². The minimum Gasteiger partial charge on any atom is -0.434 e. The number of amides is 1. The number of para-hydroxylation sites is 1. The van der Waals surface area contributed by atoms with Gasteiger partial charge >= 0.3 is 6.61 Å². The Kier molecular flexibility index (Phi) is 7.06. The molecule has 0 aliphatic heterocycles. The molecule has 0 spiro atoms. The number of rotatable bonds is 8. The molecule has 1 atom stereocenters. The number of sulfone groups is 1. The molecule has 2 N–H and O–H groups in total. The number of nitrogens with two attached hydrogens (primary N) is 1. The van der Waals surface area contributed by atoms with Gasteiger partial charge in [0.1, 0.15) is 17.4 Å². The predicted octanol–water partition coefficient (Wildman–Crippen LogP) is 4.64. The molecule has 0 aliphatic rings. The standard InChI is InChI=1S/C23H19F4NO4S/c1-2-33(30,31)15-9-7-13(8-10-15)20(22(28)29)14-11-17(24)21(18(25)12-14)16-5-3-4-6-19(16)32-23(26)27/h3-12,20,23H,2H2,1H3,(H2,28,29). The summed E-state index contributed by atoms with van der Waals surface area (Å²) in [5.41, 5.74) is 4.73. The summed E-state index contributed by atoms with van der Waals surface area (Å²) in [5, 5.41) is 0. The van der Waals surface area contributed by atoms with E-state index in [2.05, 4.69) is 4.74 Å². The highest BCUT2D eigenvalue weighted by Gasteiger charge is 2.26. The van der Waals surface area contributed by atoms with Gasteiger partial charge in [-0.15, -0.1) is 0 Å². The first kappa shape index (κ1) is 24.2. The van der Waals surface area contributed by atoms with E-state index in [1.165, 1.54) is 49.4 Å². The summed E-state index contributed by atoms with van der Waals surface area (Å²) >= 11 is 0. The van der Waals surface area contributed by atoms with Crippen molar-refractivity contribution in [1.29, 1.82) is 0 Å². The number of benzene rings is 3. The summed E-state index contributed by atoms with van der Waals surface area (Å²) in [5.74, 6) is -4.99. The minimum atomic E-state index is -3.49. The minimum absolute atomic E-state index is 0.0281. The second-order valence-corrected chi connectivity index (χ2v) is 9.32. The molecule has 0 aromatic heterocycles. The average Bonchev–Trinajstić information content (AvgIpc) is 2.74. The number of hydrogen-bond acceptors (Lipinski definition) is 4. The molecule has 0 aliphatic carbocycles. The molecule has 3 aromatic rings. The Morgan fingerprint density at radius 2 is 1.55 bits per heavy atom. The quantitative estimate of drug-likeness (QED) is 0.475. The summed E-state index contributed by atoms with van der Waals surface area (Å²) < 4.78 is 83.7. The third-order valence-corrected chi connectivity index (χ3v) is 6.76. The van der Waals surface area contributed by atoms with Crippen LogP contribution in [0.15, 0.2) is 65.6 Å². The van der Waals surface area contributed by atoms with Gasteiger partial charge < -0.3 is 10.5 Å². The molecule has 5 nitrogen and oxygen atoms in total. The van der Waals surface area contributed by atoms with Crippen molar-refractivity contribution >= 4 is 15.7 Å². The maximum absolute atomic E-state index is 15.0. The highest BCUT2D eigenvalue weighted by Crippen LogP contribution is 2.37. The fourth-order valence-electron chi connectivity index (χ4n) is 3.44. The predicted molar refractivity (Wildman–Crippen MR) is 114 cm³/mol. The van der Waals surface area contributed by atoms with Gasteiger partial charge in [-0.05, 0) is 41.5 Å². The monoisotopic (exact) mass is 481 g/mol. The molecule has 174 valence electrons. The molecule has 3 aromatic carbocycles. The Morgan fingerprint density at radius 1 is 0.970 bits per heavy atom. The third-order valence-electron chi connectivity index (χ3n) is 5.01. The van der Waals surface area contributed by atoms with Crippen LogP contribution < -0.4 is 10.5 Å². The van der Waals surface area contributed by atoms with Gasteiger partial charge in [0.05, 0.1) is 22.1 Å². The van der Waals surface area contributed by atoms with E-state index in [0.29, 0.717) is 0 Å². The largest absolute Gasteiger partial charge is 0.434 e. The third kappa shape index (κ3) is 5.16. The number of alkyl halides is 2. The summed E-state index contributed by atoms with van der Waals surface area (Å²) in [4.78, 5) is 12.2. The highest BCUT2D eigenvalue weighted by molar-refractivity contribution is 7.91. The van der Waals surface area contributed by atoms with Gasteiger partial charge in [0.25, 0.3) is 0 Å². The van der Waals surface area contributed by atoms with Gasteiger partial charge in [-0.3, -0.25) is 4.79 Å². The molecular formula is C23H19F4NO4S. The van der Waals surface area contributed by atoms with Gasteiger partial charge in [0.15, 0.2) is 9.84 Å². The van der Waals surface area contributed by atoms with Crippen molar-refractivity contribution in [2.75, 3.05) is 5.75 Å². The van der Waals surface area contributed by atoms with Crippen LogP contribution in [0.25, 0.3) is 11.1 Å². The highest BCUT2D eigenvalue weighted by atomic mass is 32.2. The van der Waals surface area contributed by atoms with E-state index >= 15 is 8.78 Å². The molecule has 0 bridgehead atoms. The Hall–Kier alpha value is -3.40. The topological polar surface area (TPSA) is 86.5 Å².